The van der Waals surface area contributed by atoms with Crippen LogP contribution in [0.2, 0.25) is 0 Å². The van der Waals surface area contributed by atoms with Crippen LogP contribution in [-0.4, -0.2) is 38.1 Å². The lowest BCUT2D eigenvalue weighted by molar-refractivity contribution is 0.0740. The van der Waals surface area contributed by atoms with Crippen LogP contribution in [0, 0.1) is 27.7 Å². The highest BCUT2D eigenvalue weighted by Crippen LogP contribution is 2.26. The molecule has 0 saturated heterocycles. The van der Waals surface area contributed by atoms with Crippen LogP contribution in [0.25, 0.3) is 0 Å². The van der Waals surface area contributed by atoms with Gasteiger partial charge >= 0.3 is 0 Å². The van der Waals surface area contributed by atoms with E-state index in [2.05, 4.69) is 5.16 Å². The Morgan fingerprint density at radius 3 is 2.22 bits per heavy atom. The molecule has 1 heterocycles. The largest absolute Gasteiger partial charge is 0.390 e. The summed E-state index contributed by atoms with van der Waals surface area (Å²) in [6.07, 6.45) is 0.307. The maximum absolute atomic E-state index is 13.1. The Morgan fingerprint density at radius 1 is 1.04 bits per heavy atom. The number of rotatable bonds is 5. The number of benzene rings is 2. The molecule has 5 nitrogen and oxygen atoms in total. The number of aryl methyl sites for hydroxylation is 4. The molecule has 6 heteroatoms. The normalized spacial score (nSPS) is 17.1. The molecule has 2 aromatic carbocycles. The minimum Gasteiger partial charge on any atom is -0.390 e. The van der Waals surface area contributed by atoms with Crippen LogP contribution in [0.3, 0.4) is 0 Å². The smallest absolute Gasteiger partial charge is 0.243 e. The summed E-state index contributed by atoms with van der Waals surface area (Å²) in [7, 11) is -1.99. The molecule has 0 aliphatic carbocycles. The van der Waals surface area contributed by atoms with Gasteiger partial charge in [-0.2, -0.15) is 4.31 Å². The van der Waals surface area contributed by atoms with Gasteiger partial charge in [-0.25, -0.2) is 8.42 Å². The van der Waals surface area contributed by atoms with Crippen molar-refractivity contribution < 1.29 is 13.3 Å². The maximum Gasteiger partial charge on any atom is 0.243 e. The highest BCUT2D eigenvalue weighted by Gasteiger charge is 2.30. The molecule has 1 aliphatic heterocycles. The first kappa shape index (κ1) is 19.6. The lowest BCUT2D eigenvalue weighted by Gasteiger charge is -2.22. The highest BCUT2D eigenvalue weighted by molar-refractivity contribution is 7.89. The average molecular weight is 387 g/mol. The summed E-state index contributed by atoms with van der Waals surface area (Å²) >= 11 is 0. The molecule has 0 aromatic heterocycles. The lowest BCUT2D eigenvalue weighted by Crippen LogP contribution is -2.35. The number of hydrogen-bond donors (Lipinski definition) is 0. The summed E-state index contributed by atoms with van der Waals surface area (Å²) in [5.74, 6) is 0. The zero-order chi connectivity index (χ0) is 19.8. The van der Waals surface area contributed by atoms with Gasteiger partial charge in [-0.05, 0) is 44.4 Å². The Labute approximate surface area is 161 Å². The molecule has 0 spiro atoms. The third kappa shape index (κ3) is 4.06. The second-order valence-electron chi connectivity index (χ2n) is 7.35. The van der Waals surface area contributed by atoms with Gasteiger partial charge in [0.15, 0.2) is 0 Å². The van der Waals surface area contributed by atoms with Gasteiger partial charge in [-0.1, -0.05) is 52.7 Å². The molecule has 0 radical (unpaired) electrons. The van der Waals surface area contributed by atoms with Crippen molar-refractivity contribution in [3.8, 4) is 0 Å². The van der Waals surface area contributed by atoms with E-state index < -0.39 is 10.0 Å². The second-order valence-corrected chi connectivity index (χ2v) is 9.33. The molecular formula is C21H26N2O3S. The molecule has 0 amide bonds. The Hall–Kier alpha value is -2.18. The van der Waals surface area contributed by atoms with E-state index >= 15 is 0 Å². The van der Waals surface area contributed by atoms with Gasteiger partial charge in [0.2, 0.25) is 10.0 Å². The van der Waals surface area contributed by atoms with Gasteiger partial charge in [-0.3, -0.25) is 0 Å². The number of sulfonamides is 1. The van der Waals surface area contributed by atoms with E-state index in [0.717, 1.165) is 28.0 Å². The Bertz CT molecular complexity index is 956. The minimum atomic E-state index is -3.59. The Morgan fingerprint density at radius 2 is 1.63 bits per heavy atom. The van der Waals surface area contributed by atoms with E-state index in [-0.39, 0.29) is 12.6 Å². The molecular weight excluding hydrogens is 360 g/mol. The van der Waals surface area contributed by atoms with E-state index in [0.29, 0.717) is 11.3 Å². The highest BCUT2D eigenvalue weighted by atomic mass is 32.2. The summed E-state index contributed by atoms with van der Waals surface area (Å²) in [5.41, 5.74) is 5.64. The predicted octanol–water partition coefficient (Wildman–Crippen LogP) is 3.73. The number of likely N-dealkylation sites (N-methyl/N-ethyl adjacent to an activating group) is 1. The van der Waals surface area contributed by atoms with E-state index in [4.69, 9.17) is 4.84 Å². The third-order valence-corrected chi connectivity index (χ3v) is 6.98. The van der Waals surface area contributed by atoms with Gasteiger partial charge < -0.3 is 4.84 Å². The SMILES string of the molecule is Cc1ccc(C2=NOC(CN(C)S(=O)(=O)c3c(C)cc(C)cc3C)C2)cc1. The average Bonchev–Trinajstić information content (AvgIpc) is 3.02. The molecule has 1 aliphatic rings. The van der Waals surface area contributed by atoms with E-state index in [1.807, 2.05) is 64.1 Å². The van der Waals surface area contributed by atoms with Crippen LogP contribution in [-0.2, 0) is 14.9 Å². The first-order valence-corrected chi connectivity index (χ1v) is 10.5. The number of oxime groups is 1. The molecule has 0 saturated carbocycles. The van der Waals surface area contributed by atoms with Crippen molar-refractivity contribution in [3.63, 3.8) is 0 Å². The molecule has 1 unspecified atom stereocenters. The van der Waals surface area contributed by atoms with E-state index in [9.17, 15) is 8.42 Å². The number of hydrogen-bond acceptors (Lipinski definition) is 4. The molecule has 0 fully saturated rings. The lowest BCUT2D eigenvalue weighted by atomic mass is 10.0. The predicted molar refractivity (Wildman–Crippen MR) is 108 cm³/mol. The summed E-state index contributed by atoms with van der Waals surface area (Å²) in [5, 5.41) is 4.17. The molecule has 2 aromatic rings. The van der Waals surface area contributed by atoms with Crippen LogP contribution in [0.1, 0.15) is 34.2 Å². The third-order valence-electron chi connectivity index (χ3n) is 4.85. The molecule has 27 heavy (non-hydrogen) atoms. The van der Waals surface area contributed by atoms with Crippen molar-refractivity contribution in [2.75, 3.05) is 13.6 Å². The van der Waals surface area contributed by atoms with Gasteiger partial charge in [0, 0.05) is 13.5 Å². The zero-order valence-electron chi connectivity index (χ0n) is 16.5. The van der Waals surface area contributed by atoms with Crippen molar-refractivity contribution >= 4 is 15.7 Å². The van der Waals surface area contributed by atoms with Gasteiger partial charge in [-0.15, -0.1) is 0 Å². The van der Waals surface area contributed by atoms with Crippen molar-refractivity contribution in [1.82, 2.24) is 4.31 Å². The van der Waals surface area contributed by atoms with Crippen LogP contribution < -0.4 is 0 Å². The van der Waals surface area contributed by atoms with Crippen molar-refractivity contribution in [2.24, 2.45) is 5.16 Å². The Balaban J connectivity index is 1.73. The fourth-order valence-corrected chi connectivity index (χ4v) is 5.16. The zero-order valence-corrected chi connectivity index (χ0v) is 17.3. The monoisotopic (exact) mass is 386 g/mol. The standard InChI is InChI=1S/C21H26N2O3S/c1-14-6-8-18(9-7-14)20-12-19(26-22-20)13-23(5)27(24,25)21-16(3)10-15(2)11-17(21)4/h6-11,19H,12-13H2,1-5H3. The molecule has 0 N–H and O–H groups in total. The van der Waals surface area contributed by atoms with Crippen molar-refractivity contribution in [2.45, 2.75) is 45.1 Å². The fraction of sp³-hybridized carbons (Fsp3) is 0.381. The van der Waals surface area contributed by atoms with Crippen molar-refractivity contribution in [3.05, 3.63) is 64.2 Å². The maximum atomic E-state index is 13.1. The van der Waals surface area contributed by atoms with Gasteiger partial charge in [0.1, 0.15) is 6.10 Å². The summed E-state index contributed by atoms with van der Waals surface area (Å²) in [6.45, 7) is 7.94. The minimum absolute atomic E-state index is 0.258. The van der Waals surface area contributed by atoms with Crippen LogP contribution in [0.5, 0.6) is 0 Å². The first-order valence-electron chi connectivity index (χ1n) is 9.02. The molecule has 144 valence electrons. The van der Waals surface area contributed by atoms with Gasteiger partial charge in [0.05, 0.1) is 17.2 Å². The van der Waals surface area contributed by atoms with Crippen LogP contribution in [0.15, 0.2) is 46.4 Å². The summed E-state index contributed by atoms with van der Waals surface area (Å²) < 4.78 is 27.6. The second kappa shape index (κ2) is 7.44. The molecule has 0 bridgehead atoms. The van der Waals surface area contributed by atoms with E-state index in [1.165, 1.54) is 9.87 Å². The van der Waals surface area contributed by atoms with Crippen molar-refractivity contribution in [1.29, 1.82) is 0 Å². The van der Waals surface area contributed by atoms with Gasteiger partial charge in [0.25, 0.3) is 0 Å². The number of nitrogens with zero attached hydrogens (tertiary/aromatic N) is 2. The molecule has 1 atom stereocenters. The Kier molecular flexibility index (Phi) is 5.40. The quantitative estimate of drug-likeness (QED) is 0.787. The first-order chi connectivity index (χ1) is 12.7. The topological polar surface area (TPSA) is 59.0 Å². The molecule has 3 rings (SSSR count). The van der Waals surface area contributed by atoms with Crippen LogP contribution >= 0.6 is 0 Å². The fourth-order valence-electron chi connectivity index (χ4n) is 3.56. The van der Waals surface area contributed by atoms with Crippen LogP contribution in [0.4, 0.5) is 0 Å². The summed E-state index contributed by atoms with van der Waals surface area (Å²) in [4.78, 5) is 5.90. The van der Waals surface area contributed by atoms with E-state index in [1.54, 1.807) is 7.05 Å². The summed E-state index contributed by atoms with van der Waals surface area (Å²) in [6, 6.07) is 11.9.